The van der Waals surface area contributed by atoms with Crippen LogP contribution in [0.25, 0.3) is 0 Å². The van der Waals surface area contributed by atoms with E-state index < -0.39 is 6.10 Å². The van der Waals surface area contributed by atoms with Gasteiger partial charge in [0.1, 0.15) is 0 Å². The minimum atomic E-state index is -0.839. The zero-order valence-electron chi connectivity index (χ0n) is 14.2. The van der Waals surface area contributed by atoms with Crippen molar-refractivity contribution in [2.75, 3.05) is 11.4 Å². The van der Waals surface area contributed by atoms with Gasteiger partial charge in [0.2, 0.25) is 11.8 Å². The molecule has 0 aliphatic carbocycles. The first-order valence-electron chi connectivity index (χ1n) is 8.25. The Kier molecular flexibility index (Phi) is 6.01. The molecule has 7 heteroatoms. The molecular weight excluding hydrogens is 416 g/mol. The molecule has 5 nitrogen and oxygen atoms in total. The van der Waals surface area contributed by atoms with Crippen molar-refractivity contribution in [3.63, 3.8) is 0 Å². The Hall–Kier alpha value is -1.83. The molecule has 2 amide bonds. The molecular formula is C19H19BrN2O3S. The molecule has 3 rings (SSSR count). The third-order valence-corrected chi connectivity index (χ3v) is 6.05. The Balaban J connectivity index is 1.64. The maximum Gasteiger partial charge on any atom is 0.233 e. The van der Waals surface area contributed by atoms with Crippen LogP contribution in [0.1, 0.15) is 30.6 Å². The fraction of sp³-hybridized carbons (Fsp3) is 0.263. The van der Waals surface area contributed by atoms with Crippen LogP contribution in [0.2, 0.25) is 0 Å². The van der Waals surface area contributed by atoms with Crippen molar-refractivity contribution in [3.8, 4) is 0 Å². The first-order chi connectivity index (χ1) is 12.5. The summed E-state index contributed by atoms with van der Waals surface area (Å²) in [6, 6.07) is 13.0. The number of amides is 2. The Morgan fingerprint density at radius 2 is 2.04 bits per heavy atom. The second-order valence-corrected chi connectivity index (χ2v) is 7.79. The van der Waals surface area contributed by atoms with Crippen molar-refractivity contribution in [1.29, 1.82) is 0 Å². The average molecular weight is 435 g/mol. The van der Waals surface area contributed by atoms with Gasteiger partial charge in [-0.05, 0) is 57.6 Å². The number of aliphatic hydroxyl groups is 1. The lowest BCUT2D eigenvalue weighted by Gasteiger charge is -2.16. The fourth-order valence-corrected chi connectivity index (χ4v) is 4.18. The highest BCUT2D eigenvalue weighted by molar-refractivity contribution is 9.10. The van der Waals surface area contributed by atoms with E-state index in [4.69, 9.17) is 0 Å². The number of hydrogen-bond acceptors (Lipinski definition) is 4. The minimum absolute atomic E-state index is 0.0111. The van der Waals surface area contributed by atoms with Crippen LogP contribution in [-0.4, -0.2) is 23.5 Å². The number of fused-ring (bicyclic) bond motifs is 1. The van der Waals surface area contributed by atoms with E-state index in [1.165, 1.54) is 11.9 Å². The maximum absolute atomic E-state index is 12.1. The molecule has 0 radical (unpaired) electrons. The largest absolute Gasteiger partial charge is 0.388 e. The van der Waals surface area contributed by atoms with Crippen molar-refractivity contribution in [1.82, 2.24) is 4.72 Å². The molecule has 1 aliphatic heterocycles. The molecule has 0 aromatic heterocycles. The molecule has 1 heterocycles. The van der Waals surface area contributed by atoms with Gasteiger partial charge >= 0.3 is 0 Å². The van der Waals surface area contributed by atoms with Gasteiger partial charge in [0.25, 0.3) is 0 Å². The first-order valence-corrected chi connectivity index (χ1v) is 9.86. The molecule has 1 atom stereocenters. The van der Waals surface area contributed by atoms with Gasteiger partial charge in [-0.25, -0.2) is 0 Å². The molecule has 0 saturated carbocycles. The predicted octanol–water partition coefficient (Wildman–Crippen LogP) is 3.61. The summed E-state index contributed by atoms with van der Waals surface area (Å²) in [5, 5.41) is 10.1. The molecule has 136 valence electrons. The van der Waals surface area contributed by atoms with Crippen LogP contribution in [0, 0.1) is 0 Å². The predicted molar refractivity (Wildman–Crippen MR) is 106 cm³/mol. The Morgan fingerprint density at radius 3 is 2.73 bits per heavy atom. The van der Waals surface area contributed by atoms with Crippen LogP contribution in [0.4, 0.5) is 5.69 Å². The minimum Gasteiger partial charge on any atom is -0.388 e. The SMILES string of the molecule is CC(=O)N1CCc2cc(Br)c(SNC(=O)CC(O)c3ccccc3)cc21. The zero-order valence-corrected chi connectivity index (χ0v) is 16.6. The normalized spacial score (nSPS) is 14.0. The Labute approximate surface area is 165 Å². The molecule has 0 bridgehead atoms. The quantitative estimate of drug-likeness (QED) is 0.705. The van der Waals surface area contributed by atoms with E-state index in [9.17, 15) is 14.7 Å². The molecule has 0 spiro atoms. The molecule has 2 N–H and O–H groups in total. The van der Waals surface area contributed by atoms with Gasteiger partial charge in [-0.15, -0.1) is 0 Å². The van der Waals surface area contributed by atoms with Crippen LogP contribution in [-0.2, 0) is 16.0 Å². The number of anilines is 1. The van der Waals surface area contributed by atoms with Gasteiger partial charge in [0.05, 0.1) is 12.5 Å². The zero-order chi connectivity index (χ0) is 18.7. The van der Waals surface area contributed by atoms with E-state index >= 15 is 0 Å². The third-order valence-electron chi connectivity index (χ3n) is 4.25. The molecule has 0 saturated heterocycles. The second-order valence-electron chi connectivity index (χ2n) is 6.09. The summed E-state index contributed by atoms with van der Waals surface area (Å²) >= 11 is 4.70. The molecule has 0 fully saturated rings. The van der Waals surface area contributed by atoms with E-state index in [0.29, 0.717) is 12.1 Å². The summed E-state index contributed by atoms with van der Waals surface area (Å²) in [5.74, 6) is -0.251. The summed E-state index contributed by atoms with van der Waals surface area (Å²) in [5.41, 5.74) is 2.72. The Morgan fingerprint density at radius 1 is 1.31 bits per heavy atom. The van der Waals surface area contributed by atoms with Gasteiger partial charge < -0.3 is 10.0 Å². The highest BCUT2D eigenvalue weighted by Gasteiger charge is 2.24. The number of nitrogens with one attached hydrogen (secondary N) is 1. The number of hydrogen-bond donors (Lipinski definition) is 2. The Bertz CT molecular complexity index is 829. The number of aliphatic hydroxyl groups excluding tert-OH is 1. The number of halogens is 1. The van der Waals surface area contributed by atoms with Gasteiger partial charge in [-0.2, -0.15) is 0 Å². The molecule has 1 unspecified atom stereocenters. The maximum atomic E-state index is 12.1. The van der Waals surface area contributed by atoms with Crippen molar-refractivity contribution in [2.45, 2.75) is 30.8 Å². The lowest BCUT2D eigenvalue weighted by atomic mass is 10.1. The second kappa shape index (κ2) is 8.24. The number of nitrogens with zero attached hydrogens (tertiary/aromatic N) is 1. The van der Waals surface area contributed by atoms with Gasteiger partial charge in [-0.3, -0.25) is 14.3 Å². The van der Waals surface area contributed by atoms with Crippen LogP contribution in [0.15, 0.2) is 51.8 Å². The van der Waals surface area contributed by atoms with Crippen molar-refractivity contribution in [3.05, 3.63) is 58.1 Å². The third kappa shape index (κ3) is 4.28. The summed E-state index contributed by atoms with van der Waals surface area (Å²) in [6.07, 6.45) is -0.0267. The lowest BCUT2D eigenvalue weighted by Crippen LogP contribution is -2.25. The number of rotatable bonds is 5. The van der Waals surface area contributed by atoms with E-state index in [1.54, 1.807) is 24.0 Å². The standard InChI is InChI=1S/C19H19BrN2O3S/c1-12(23)22-8-7-14-9-15(20)18(10-16(14)22)26-21-19(25)11-17(24)13-5-3-2-4-6-13/h2-6,9-10,17,24H,7-8,11H2,1H3,(H,21,25). The number of carbonyl (C=O) groups is 2. The summed E-state index contributed by atoms with van der Waals surface area (Å²) < 4.78 is 3.63. The van der Waals surface area contributed by atoms with Gasteiger partial charge in [-0.1, -0.05) is 30.3 Å². The smallest absolute Gasteiger partial charge is 0.233 e. The van der Waals surface area contributed by atoms with Crippen molar-refractivity contribution < 1.29 is 14.7 Å². The van der Waals surface area contributed by atoms with Gasteiger partial charge in [0, 0.05) is 28.5 Å². The average Bonchev–Trinajstić information content (AvgIpc) is 3.03. The highest BCUT2D eigenvalue weighted by atomic mass is 79.9. The molecule has 1 aliphatic rings. The molecule has 2 aromatic carbocycles. The summed E-state index contributed by atoms with van der Waals surface area (Å²) in [7, 11) is 0. The van der Waals surface area contributed by atoms with Crippen molar-refractivity contribution >= 4 is 45.4 Å². The number of carbonyl (C=O) groups excluding carboxylic acids is 2. The highest BCUT2D eigenvalue weighted by Crippen LogP contribution is 2.37. The topological polar surface area (TPSA) is 69.6 Å². The van der Waals surface area contributed by atoms with Crippen molar-refractivity contribution in [2.24, 2.45) is 0 Å². The summed E-state index contributed by atoms with van der Waals surface area (Å²) in [4.78, 5) is 26.4. The van der Waals surface area contributed by atoms with Crippen LogP contribution in [0.5, 0.6) is 0 Å². The van der Waals surface area contributed by atoms with Crippen LogP contribution >= 0.6 is 27.9 Å². The van der Waals surface area contributed by atoms with Crippen LogP contribution < -0.4 is 9.62 Å². The fourth-order valence-electron chi connectivity index (χ4n) is 2.92. The van der Waals surface area contributed by atoms with E-state index in [2.05, 4.69) is 20.7 Å². The molecule has 26 heavy (non-hydrogen) atoms. The molecule has 2 aromatic rings. The van der Waals surface area contributed by atoms with E-state index in [-0.39, 0.29) is 18.2 Å². The van der Waals surface area contributed by atoms with Gasteiger partial charge in [0.15, 0.2) is 0 Å². The van der Waals surface area contributed by atoms with Crippen LogP contribution in [0.3, 0.4) is 0 Å². The van der Waals surface area contributed by atoms with E-state index in [1.807, 2.05) is 30.3 Å². The van der Waals surface area contributed by atoms with E-state index in [0.717, 1.165) is 27.0 Å². The monoisotopic (exact) mass is 434 g/mol. The first kappa shape index (κ1) is 18.9. The summed E-state index contributed by atoms with van der Waals surface area (Å²) in [6.45, 7) is 2.23. The number of benzene rings is 2. The lowest BCUT2D eigenvalue weighted by molar-refractivity contribution is -0.121.